The normalized spacial score (nSPS) is 20.1. The monoisotopic (exact) mass is 336 g/mol. The first-order valence-corrected chi connectivity index (χ1v) is 8.28. The van der Waals surface area contributed by atoms with Gasteiger partial charge in [0.25, 0.3) is 6.43 Å². The molecule has 1 saturated heterocycles. The summed E-state index contributed by atoms with van der Waals surface area (Å²) >= 11 is 0. The van der Waals surface area contributed by atoms with Crippen LogP contribution in [-0.4, -0.2) is 61.4 Å². The number of nitrogens with one attached hydrogen (secondary N) is 1. The van der Waals surface area contributed by atoms with Crippen LogP contribution in [0.3, 0.4) is 0 Å². The van der Waals surface area contributed by atoms with Crippen LogP contribution < -0.4 is 5.32 Å². The first kappa shape index (κ1) is 20.1. The minimum atomic E-state index is -2.42. The van der Waals surface area contributed by atoms with Gasteiger partial charge in [-0.3, -0.25) is 0 Å². The molecule has 0 aliphatic carbocycles. The van der Waals surface area contributed by atoms with Gasteiger partial charge in [0.05, 0.1) is 6.61 Å². The van der Waals surface area contributed by atoms with E-state index in [0.717, 1.165) is 25.8 Å². The van der Waals surface area contributed by atoms with Crippen molar-refractivity contribution < 1.29 is 23.0 Å². The SMILES string of the molecule is CC(CC1CCCN1C(=O)OC(C)(C)C)NCCOCC(F)F. The van der Waals surface area contributed by atoms with Crippen LogP contribution in [0.1, 0.15) is 47.0 Å². The Morgan fingerprint density at radius 1 is 1.39 bits per heavy atom. The smallest absolute Gasteiger partial charge is 0.410 e. The maximum atomic E-state index is 12.2. The molecule has 0 radical (unpaired) electrons. The van der Waals surface area contributed by atoms with E-state index in [-0.39, 0.29) is 24.8 Å². The molecule has 0 aromatic rings. The fraction of sp³-hybridized carbons (Fsp3) is 0.938. The zero-order valence-corrected chi connectivity index (χ0v) is 14.6. The average molecular weight is 336 g/mol. The van der Waals surface area contributed by atoms with Gasteiger partial charge in [-0.15, -0.1) is 0 Å². The van der Waals surface area contributed by atoms with Crippen LogP contribution in [0.15, 0.2) is 0 Å². The summed E-state index contributed by atoms with van der Waals surface area (Å²) in [5.41, 5.74) is -0.490. The van der Waals surface area contributed by atoms with Crippen molar-refractivity contribution in [3.63, 3.8) is 0 Å². The van der Waals surface area contributed by atoms with Crippen LogP contribution in [0.25, 0.3) is 0 Å². The molecule has 1 N–H and O–H groups in total. The van der Waals surface area contributed by atoms with Gasteiger partial charge in [0.15, 0.2) is 0 Å². The summed E-state index contributed by atoms with van der Waals surface area (Å²) in [6.07, 6.45) is 0.0794. The van der Waals surface area contributed by atoms with E-state index in [1.54, 1.807) is 4.90 Å². The highest BCUT2D eigenvalue weighted by Crippen LogP contribution is 2.23. The van der Waals surface area contributed by atoms with Gasteiger partial charge >= 0.3 is 6.09 Å². The quantitative estimate of drug-likeness (QED) is 0.692. The Hall–Kier alpha value is -0.950. The Bertz CT molecular complexity index is 362. The summed E-state index contributed by atoms with van der Waals surface area (Å²) in [7, 11) is 0. The number of carbonyl (C=O) groups excluding carboxylic acids is 1. The molecule has 23 heavy (non-hydrogen) atoms. The highest BCUT2D eigenvalue weighted by Gasteiger charge is 2.32. The van der Waals surface area contributed by atoms with Gasteiger partial charge in [-0.1, -0.05) is 0 Å². The second kappa shape index (κ2) is 9.37. The van der Waals surface area contributed by atoms with Gasteiger partial charge in [-0.2, -0.15) is 0 Å². The van der Waals surface area contributed by atoms with Crippen LogP contribution in [0, 0.1) is 0 Å². The van der Waals surface area contributed by atoms with Crippen molar-refractivity contribution in [1.29, 1.82) is 0 Å². The van der Waals surface area contributed by atoms with E-state index in [4.69, 9.17) is 9.47 Å². The molecule has 1 aliphatic heterocycles. The van der Waals surface area contributed by atoms with E-state index in [9.17, 15) is 13.6 Å². The number of hydrogen-bond donors (Lipinski definition) is 1. The Labute approximate surface area is 137 Å². The third-order valence-corrected chi connectivity index (χ3v) is 3.61. The summed E-state index contributed by atoms with van der Waals surface area (Å²) < 4.78 is 34.1. The number of alkyl halides is 2. The molecule has 0 spiro atoms. The van der Waals surface area contributed by atoms with E-state index >= 15 is 0 Å². The number of nitrogens with zero attached hydrogens (tertiary/aromatic N) is 1. The number of carbonyl (C=O) groups is 1. The van der Waals surface area contributed by atoms with Crippen molar-refractivity contribution in [2.75, 3.05) is 26.3 Å². The van der Waals surface area contributed by atoms with Crippen molar-refractivity contribution in [2.24, 2.45) is 0 Å². The Morgan fingerprint density at radius 3 is 2.70 bits per heavy atom. The first-order valence-electron chi connectivity index (χ1n) is 8.28. The molecule has 1 heterocycles. The van der Waals surface area contributed by atoms with Gasteiger partial charge in [0.1, 0.15) is 12.2 Å². The van der Waals surface area contributed by atoms with Crippen LogP contribution in [0.5, 0.6) is 0 Å². The van der Waals surface area contributed by atoms with E-state index in [2.05, 4.69) is 5.32 Å². The van der Waals surface area contributed by atoms with Gasteiger partial charge in [-0.05, 0) is 47.0 Å². The molecule has 1 fully saturated rings. The molecule has 0 aromatic carbocycles. The zero-order valence-electron chi connectivity index (χ0n) is 14.6. The molecule has 2 unspecified atom stereocenters. The van der Waals surface area contributed by atoms with E-state index < -0.39 is 18.6 Å². The number of hydrogen-bond acceptors (Lipinski definition) is 4. The largest absolute Gasteiger partial charge is 0.444 e. The lowest BCUT2D eigenvalue weighted by atomic mass is 10.1. The van der Waals surface area contributed by atoms with Gasteiger partial charge in [0, 0.05) is 25.2 Å². The summed E-state index contributed by atoms with van der Waals surface area (Å²) in [6.45, 7) is 8.59. The lowest BCUT2D eigenvalue weighted by molar-refractivity contribution is 0.0173. The fourth-order valence-electron chi connectivity index (χ4n) is 2.68. The minimum Gasteiger partial charge on any atom is -0.444 e. The highest BCUT2D eigenvalue weighted by molar-refractivity contribution is 5.68. The van der Waals surface area contributed by atoms with Crippen molar-refractivity contribution in [3.05, 3.63) is 0 Å². The number of ether oxygens (including phenoxy) is 2. The Balaban J connectivity index is 2.30. The van der Waals surface area contributed by atoms with Crippen LogP contribution >= 0.6 is 0 Å². The van der Waals surface area contributed by atoms with Crippen molar-refractivity contribution in [1.82, 2.24) is 10.2 Å². The summed E-state index contributed by atoms with van der Waals surface area (Å²) in [4.78, 5) is 14.0. The van der Waals surface area contributed by atoms with Gasteiger partial charge in [-0.25, -0.2) is 13.6 Å². The number of halogens is 2. The molecule has 1 rings (SSSR count). The van der Waals surface area contributed by atoms with Crippen LogP contribution in [0.4, 0.5) is 13.6 Å². The average Bonchev–Trinajstić information content (AvgIpc) is 2.84. The maximum absolute atomic E-state index is 12.2. The molecular weight excluding hydrogens is 306 g/mol. The topological polar surface area (TPSA) is 50.8 Å². The molecule has 5 nitrogen and oxygen atoms in total. The number of likely N-dealkylation sites (tertiary alicyclic amines) is 1. The summed E-state index contributed by atoms with van der Waals surface area (Å²) in [6, 6.07) is 0.340. The van der Waals surface area contributed by atoms with E-state index in [1.807, 2.05) is 27.7 Å². The van der Waals surface area contributed by atoms with Crippen LogP contribution in [-0.2, 0) is 9.47 Å². The van der Waals surface area contributed by atoms with E-state index in [1.165, 1.54) is 0 Å². The van der Waals surface area contributed by atoms with Crippen molar-refractivity contribution >= 4 is 6.09 Å². The maximum Gasteiger partial charge on any atom is 0.410 e. The number of rotatable bonds is 8. The Morgan fingerprint density at radius 2 is 2.09 bits per heavy atom. The summed E-state index contributed by atoms with van der Waals surface area (Å²) in [5, 5.41) is 3.24. The molecule has 0 aromatic heterocycles. The van der Waals surface area contributed by atoms with Crippen molar-refractivity contribution in [3.8, 4) is 0 Å². The zero-order chi connectivity index (χ0) is 17.5. The molecular formula is C16H30F2N2O3. The predicted molar refractivity (Wildman–Crippen MR) is 84.9 cm³/mol. The second-order valence-corrected chi connectivity index (χ2v) is 7.03. The highest BCUT2D eigenvalue weighted by atomic mass is 19.3. The predicted octanol–water partition coefficient (Wildman–Crippen LogP) is 3.04. The lowest BCUT2D eigenvalue weighted by Gasteiger charge is -2.30. The fourth-order valence-corrected chi connectivity index (χ4v) is 2.68. The molecule has 1 aliphatic rings. The van der Waals surface area contributed by atoms with E-state index in [0.29, 0.717) is 6.54 Å². The molecule has 0 bridgehead atoms. The Kier molecular flexibility index (Phi) is 8.19. The van der Waals surface area contributed by atoms with Crippen LogP contribution in [0.2, 0.25) is 0 Å². The third kappa shape index (κ3) is 8.46. The van der Waals surface area contributed by atoms with Gasteiger partial charge in [0.2, 0.25) is 0 Å². The molecule has 2 atom stereocenters. The minimum absolute atomic E-state index is 0.161. The molecule has 7 heteroatoms. The molecule has 0 saturated carbocycles. The standard InChI is InChI=1S/C16H30F2N2O3/c1-12(19-7-9-22-11-14(17)18)10-13-6-5-8-20(13)15(21)23-16(2,3)4/h12-14,19H,5-11H2,1-4H3. The number of amides is 1. The second-order valence-electron chi connectivity index (χ2n) is 7.03. The first-order chi connectivity index (χ1) is 10.7. The lowest BCUT2D eigenvalue weighted by Crippen LogP contribution is -2.43. The van der Waals surface area contributed by atoms with Crippen molar-refractivity contribution in [2.45, 2.75) is 71.1 Å². The summed E-state index contributed by atoms with van der Waals surface area (Å²) in [5.74, 6) is 0. The third-order valence-electron chi connectivity index (χ3n) is 3.61. The molecule has 136 valence electrons. The van der Waals surface area contributed by atoms with Gasteiger partial charge < -0.3 is 19.7 Å². The molecule has 1 amide bonds.